The molecule has 0 radical (unpaired) electrons. The van der Waals surface area contributed by atoms with Crippen LogP contribution in [-0.2, 0) is 11.3 Å². The van der Waals surface area contributed by atoms with Gasteiger partial charge in [0.2, 0.25) is 0 Å². The minimum absolute atomic E-state index is 0.364. The summed E-state index contributed by atoms with van der Waals surface area (Å²) in [5.74, 6) is 0. The Morgan fingerprint density at radius 2 is 1.84 bits per heavy atom. The minimum Gasteiger partial charge on any atom is -0.376 e. The van der Waals surface area contributed by atoms with Crippen molar-refractivity contribution >= 4 is 31.9 Å². The van der Waals surface area contributed by atoms with Gasteiger partial charge in [-0.1, -0.05) is 69.7 Å². The molecular weight excluding hydrogens is 368 g/mol. The fraction of sp³-hybridized carbons (Fsp3) is 0.625. The molecule has 0 N–H and O–H groups in total. The van der Waals surface area contributed by atoms with Gasteiger partial charge in [-0.15, -0.1) is 0 Å². The third kappa shape index (κ3) is 4.87. The average Bonchev–Trinajstić information content (AvgIpc) is 2.65. The van der Waals surface area contributed by atoms with Crippen LogP contribution < -0.4 is 0 Å². The zero-order chi connectivity index (χ0) is 13.6. The van der Waals surface area contributed by atoms with Crippen molar-refractivity contribution in [2.24, 2.45) is 5.41 Å². The highest BCUT2D eigenvalue weighted by Gasteiger charge is 2.30. The molecule has 0 heterocycles. The monoisotopic (exact) mass is 388 g/mol. The van der Waals surface area contributed by atoms with Crippen LogP contribution in [0.1, 0.15) is 44.1 Å². The highest BCUT2D eigenvalue weighted by molar-refractivity contribution is 9.10. The second kappa shape index (κ2) is 7.80. The van der Waals surface area contributed by atoms with Crippen molar-refractivity contribution in [2.45, 2.75) is 45.1 Å². The first-order chi connectivity index (χ1) is 9.24. The SMILES string of the molecule is BrCC1(COCc2cccc(Br)c2)CCCCCC1. The van der Waals surface area contributed by atoms with Crippen LogP contribution >= 0.6 is 31.9 Å². The Balaban J connectivity index is 1.85. The molecule has 0 spiro atoms. The third-order valence-corrected chi connectivity index (χ3v) is 5.70. The van der Waals surface area contributed by atoms with E-state index in [1.807, 2.05) is 0 Å². The number of hydrogen-bond donors (Lipinski definition) is 0. The fourth-order valence-electron chi connectivity index (χ4n) is 2.81. The van der Waals surface area contributed by atoms with Gasteiger partial charge in [0.1, 0.15) is 0 Å². The summed E-state index contributed by atoms with van der Waals surface area (Å²) >= 11 is 7.22. The lowest BCUT2D eigenvalue weighted by Crippen LogP contribution is -2.28. The van der Waals surface area contributed by atoms with E-state index >= 15 is 0 Å². The van der Waals surface area contributed by atoms with E-state index < -0.39 is 0 Å². The number of alkyl halides is 1. The largest absolute Gasteiger partial charge is 0.376 e. The van der Waals surface area contributed by atoms with Gasteiger partial charge in [0.25, 0.3) is 0 Å². The van der Waals surface area contributed by atoms with Crippen LogP contribution in [0.2, 0.25) is 0 Å². The molecule has 0 unspecified atom stereocenters. The molecule has 1 aliphatic rings. The van der Waals surface area contributed by atoms with Crippen molar-refractivity contribution in [2.75, 3.05) is 11.9 Å². The van der Waals surface area contributed by atoms with Gasteiger partial charge >= 0.3 is 0 Å². The van der Waals surface area contributed by atoms with Crippen molar-refractivity contribution in [1.29, 1.82) is 0 Å². The highest BCUT2D eigenvalue weighted by atomic mass is 79.9. The van der Waals surface area contributed by atoms with Crippen LogP contribution in [0.4, 0.5) is 0 Å². The molecule has 0 aliphatic heterocycles. The van der Waals surface area contributed by atoms with Crippen molar-refractivity contribution in [3.63, 3.8) is 0 Å². The number of halogens is 2. The van der Waals surface area contributed by atoms with E-state index in [9.17, 15) is 0 Å². The van der Waals surface area contributed by atoms with E-state index in [2.05, 4.69) is 56.1 Å². The van der Waals surface area contributed by atoms with Crippen LogP contribution in [0.5, 0.6) is 0 Å². The molecule has 0 atom stereocenters. The zero-order valence-corrected chi connectivity index (χ0v) is 14.5. The van der Waals surface area contributed by atoms with Gasteiger partial charge in [0.15, 0.2) is 0 Å². The molecule has 1 nitrogen and oxygen atoms in total. The zero-order valence-electron chi connectivity index (χ0n) is 11.3. The molecule has 106 valence electrons. The smallest absolute Gasteiger partial charge is 0.0717 e. The van der Waals surface area contributed by atoms with Crippen LogP contribution in [0, 0.1) is 5.41 Å². The Morgan fingerprint density at radius 1 is 1.11 bits per heavy atom. The van der Waals surface area contributed by atoms with Crippen LogP contribution in [-0.4, -0.2) is 11.9 Å². The molecule has 1 aliphatic carbocycles. The van der Waals surface area contributed by atoms with Crippen LogP contribution in [0.25, 0.3) is 0 Å². The van der Waals surface area contributed by atoms with Gasteiger partial charge in [-0.2, -0.15) is 0 Å². The van der Waals surface area contributed by atoms with Gasteiger partial charge in [-0.25, -0.2) is 0 Å². The molecule has 1 saturated carbocycles. The highest BCUT2D eigenvalue weighted by Crippen LogP contribution is 2.37. The molecule has 2 rings (SSSR count). The average molecular weight is 390 g/mol. The van der Waals surface area contributed by atoms with E-state index in [0.29, 0.717) is 12.0 Å². The van der Waals surface area contributed by atoms with Crippen molar-refractivity contribution in [1.82, 2.24) is 0 Å². The molecule has 1 fully saturated rings. The summed E-state index contributed by atoms with van der Waals surface area (Å²) in [6, 6.07) is 8.37. The summed E-state index contributed by atoms with van der Waals surface area (Å²) < 4.78 is 7.14. The first kappa shape index (κ1) is 15.5. The first-order valence-corrected chi connectivity index (χ1v) is 9.04. The van der Waals surface area contributed by atoms with Gasteiger partial charge in [0, 0.05) is 15.2 Å². The molecule has 0 saturated heterocycles. The predicted molar refractivity (Wildman–Crippen MR) is 87.7 cm³/mol. The standard InChI is InChI=1S/C16H22Br2O/c17-12-16(8-3-1-2-4-9-16)13-19-11-14-6-5-7-15(18)10-14/h5-7,10H,1-4,8-9,11-13H2. The normalized spacial score (nSPS) is 19.1. The molecule has 1 aromatic rings. The Kier molecular flexibility index (Phi) is 6.37. The van der Waals surface area contributed by atoms with Crippen molar-refractivity contribution in [3.8, 4) is 0 Å². The lowest BCUT2D eigenvalue weighted by atomic mass is 9.83. The van der Waals surface area contributed by atoms with Crippen molar-refractivity contribution in [3.05, 3.63) is 34.3 Å². The maximum Gasteiger partial charge on any atom is 0.0717 e. The molecule has 3 heteroatoms. The van der Waals surface area contributed by atoms with E-state index in [1.165, 1.54) is 44.1 Å². The summed E-state index contributed by atoms with van der Waals surface area (Å²) in [6.45, 7) is 1.60. The van der Waals surface area contributed by atoms with Crippen LogP contribution in [0.15, 0.2) is 28.7 Å². The quantitative estimate of drug-likeness (QED) is 0.463. The van der Waals surface area contributed by atoms with Crippen molar-refractivity contribution < 1.29 is 4.74 Å². The lowest BCUT2D eigenvalue weighted by Gasteiger charge is -2.30. The second-order valence-corrected chi connectivity index (χ2v) is 7.15. The van der Waals surface area contributed by atoms with Gasteiger partial charge < -0.3 is 4.74 Å². The van der Waals surface area contributed by atoms with Crippen LogP contribution in [0.3, 0.4) is 0 Å². The predicted octanol–water partition coefficient (Wildman–Crippen LogP) is 5.70. The van der Waals surface area contributed by atoms with Gasteiger partial charge in [0.05, 0.1) is 13.2 Å². The topological polar surface area (TPSA) is 9.23 Å². The van der Waals surface area contributed by atoms with E-state index in [4.69, 9.17) is 4.74 Å². The molecule has 1 aromatic carbocycles. The molecular formula is C16H22Br2O. The maximum atomic E-state index is 6.01. The fourth-order valence-corrected chi connectivity index (χ4v) is 3.98. The molecule has 0 aromatic heterocycles. The summed E-state index contributed by atoms with van der Waals surface area (Å²) in [7, 11) is 0. The summed E-state index contributed by atoms with van der Waals surface area (Å²) in [5.41, 5.74) is 1.61. The summed E-state index contributed by atoms with van der Waals surface area (Å²) in [6.07, 6.45) is 8.09. The van der Waals surface area contributed by atoms with Gasteiger partial charge in [-0.3, -0.25) is 0 Å². The Hall–Kier alpha value is 0.140. The Labute approximate surface area is 133 Å². The molecule has 19 heavy (non-hydrogen) atoms. The van der Waals surface area contributed by atoms with E-state index in [0.717, 1.165) is 16.4 Å². The first-order valence-electron chi connectivity index (χ1n) is 7.12. The number of hydrogen-bond acceptors (Lipinski definition) is 1. The Bertz CT molecular complexity index is 384. The summed E-state index contributed by atoms with van der Waals surface area (Å²) in [4.78, 5) is 0. The number of rotatable bonds is 5. The molecule has 0 amide bonds. The maximum absolute atomic E-state index is 6.01. The lowest BCUT2D eigenvalue weighted by molar-refractivity contribution is 0.0374. The van der Waals surface area contributed by atoms with E-state index in [1.54, 1.807) is 0 Å². The van der Waals surface area contributed by atoms with Gasteiger partial charge in [-0.05, 0) is 30.5 Å². The second-order valence-electron chi connectivity index (χ2n) is 5.67. The molecule has 0 bridgehead atoms. The van der Waals surface area contributed by atoms with E-state index in [-0.39, 0.29) is 0 Å². The Morgan fingerprint density at radius 3 is 2.47 bits per heavy atom. The number of benzene rings is 1. The number of ether oxygens (including phenoxy) is 1. The third-order valence-electron chi connectivity index (χ3n) is 4.01. The summed E-state index contributed by atoms with van der Waals surface area (Å²) in [5, 5.41) is 1.07. The minimum atomic E-state index is 0.364.